The summed E-state index contributed by atoms with van der Waals surface area (Å²) < 4.78 is 14.0. The van der Waals surface area contributed by atoms with Crippen LogP contribution in [0.5, 0.6) is 0 Å². The molecule has 1 rings (SSSR count). The van der Waals surface area contributed by atoms with Crippen LogP contribution in [0.4, 0.5) is 10.1 Å². The highest BCUT2D eigenvalue weighted by Gasteiger charge is 2.12. The van der Waals surface area contributed by atoms with Crippen molar-refractivity contribution in [2.45, 2.75) is 26.4 Å². The number of nitrogens with two attached hydrogens (primary N) is 2. The van der Waals surface area contributed by atoms with Gasteiger partial charge < -0.3 is 16.6 Å². The summed E-state index contributed by atoms with van der Waals surface area (Å²) in [4.78, 5) is 8.69. The van der Waals surface area contributed by atoms with Crippen LogP contribution in [0.2, 0.25) is 0 Å². The van der Waals surface area contributed by atoms with Crippen LogP contribution in [0, 0.1) is 17.1 Å². The lowest BCUT2D eigenvalue weighted by Crippen LogP contribution is -2.08. The second-order valence-corrected chi connectivity index (χ2v) is 6.08. The zero-order chi connectivity index (χ0) is 19.7. The number of allylic oxidation sites excluding steroid dienone is 3. The van der Waals surface area contributed by atoms with Crippen LogP contribution in [0.15, 0.2) is 51.7 Å². The molecule has 8 heteroatoms. The van der Waals surface area contributed by atoms with Crippen molar-refractivity contribution in [3.63, 3.8) is 0 Å². The Kier molecular flexibility index (Phi) is 8.68. The molecule has 138 valence electrons. The van der Waals surface area contributed by atoms with E-state index >= 15 is 0 Å². The number of benzene rings is 1. The summed E-state index contributed by atoms with van der Waals surface area (Å²) in [6.45, 7) is 3.96. The van der Waals surface area contributed by atoms with E-state index < -0.39 is 11.9 Å². The molecule has 0 saturated carbocycles. The van der Waals surface area contributed by atoms with Crippen molar-refractivity contribution >= 4 is 31.9 Å². The zero-order valence-electron chi connectivity index (χ0n) is 14.6. The molecular formula is C18H21BrFN5O. The van der Waals surface area contributed by atoms with Crippen LogP contribution < -0.4 is 11.5 Å². The minimum Gasteiger partial charge on any atom is -0.404 e. The van der Waals surface area contributed by atoms with Crippen LogP contribution in [0.1, 0.15) is 31.9 Å². The van der Waals surface area contributed by atoms with E-state index in [-0.39, 0.29) is 12.1 Å². The first-order chi connectivity index (χ1) is 12.3. The molecule has 0 bridgehead atoms. The van der Waals surface area contributed by atoms with E-state index in [1.165, 1.54) is 37.4 Å². The molecule has 1 aromatic carbocycles. The van der Waals surface area contributed by atoms with E-state index in [0.29, 0.717) is 33.7 Å². The molecular weight excluding hydrogens is 401 g/mol. The summed E-state index contributed by atoms with van der Waals surface area (Å²) in [6, 6.07) is 5.74. The fourth-order valence-electron chi connectivity index (χ4n) is 2.09. The van der Waals surface area contributed by atoms with Crippen LogP contribution in [0.3, 0.4) is 0 Å². The van der Waals surface area contributed by atoms with Crippen LogP contribution in [-0.2, 0) is 0 Å². The van der Waals surface area contributed by atoms with Gasteiger partial charge in [0.15, 0.2) is 0 Å². The molecule has 0 spiro atoms. The Morgan fingerprint density at radius 2 is 2.19 bits per heavy atom. The lowest BCUT2D eigenvalue weighted by molar-refractivity contribution is 0.199. The van der Waals surface area contributed by atoms with Gasteiger partial charge in [-0.15, -0.1) is 0 Å². The first kappa shape index (κ1) is 21.5. The van der Waals surface area contributed by atoms with Crippen molar-refractivity contribution in [1.29, 1.82) is 5.26 Å². The van der Waals surface area contributed by atoms with E-state index in [1.54, 1.807) is 0 Å². The van der Waals surface area contributed by atoms with E-state index in [9.17, 15) is 9.50 Å². The van der Waals surface area contributed by atoms with Gasteiger partial charge in [-0.3, -0.25) is 9.98 Å². The van der Waals surface area contributed by atoms with Gasteiger partial charge in [0.2, 0.25) is 0 Å². The van der Waals surface area contributed by atoms with Gasteiger partial charge in [0.05, 0.1) is 11.8 Å². The summed E-state index contributed by atoms with van der Waals surface area (Å²) in [5, 5.41) is 18.8. The van der Waals surface area contributed by atoms with Gasteiger partial charge in [0.25, 0.3) is 0 Å². The second kappa shape index (κ2) is 10.5. The molecule has 1 atom stereocenters. The first-order valence-corrected chi connectivity index (χ1v) is 8.65. The number of halogens is 2. The molecule has 0 radical (unpaired) electrons. The number of hydrogen-bond donors (Lipinski definition) is 3. The predicted octanol–water partition coefficient (Wildman–Crippen LogP) is 3.36. The molecule has 26 heavy (non-hydrogen) atoms. The molecule has 5 N–H and O–H groups in total. The highest BCUT2D eigenvalue weighted by molar-refractivity contribution is 9.18. The summed E-state index contributed by atoms with van der Waals surface area (Å²) in [6.07, 6.45) is 2.11. The molecule has 0 saturated heterocycles. The molecule has 0 amide bonds. The van der Waals surface area contributed by atoms with E-state index in [0.717, 1.165) is 0 Å². The normalized spacial score (nSPS) is 14.9. The van der Waals surface area contributed by atoms with Crippen LogP contribution >= 0.6 is 15.9 Å². The number of rotatable bonds is 7. The van der Waals surface area contributed by atoms with Gasteiger partial charge >= 0.3 is 0 Å². The molecule has 1 unspecified atom stereocenters. The molecule has 6 nitrogen and oxygen atoms in total. The van der Waals surface area contributed by atoms with E-state index in [2.05, 4.69) is 25.9 Å². The van der Waals surface area contributed by atoms with Gasteiger partial charge in [0.1, 0.15) is 22.2 Å². The average molecular weight is 422 g/mol. The SMILES string of the molecule is CCN=C(Br)C(=CN)CC(C=C(N)C#N)=Nc1ccc(F)cc1C(C)O. The Morgan fingerprint density at radius 3 is 2.73 bits per heavy atom. The number of nitrogens with zero attached hydrogens (tertiary/aromatic N) is 3. The lowest BCUT2D eigenvalue weighted by Gasteiger charge is -2.11. The summed E-state index contributed by atoms with van der Waals surface area (Å²) in [5.41, 5.74) is 13.0. The summed E-state index contributed by atoms with van der Waals surface area (Å²) in [7, 11) is 0. The smallest absolute Gasteiger partial charge is 0.123 e. The Hall–Kier alpha value is -2.50. The number of nitriles is 1. The van der Waals surface area contributed by atoms with Crippen molar-refractivity contribution in [1.82, 2.24) is 0 Å². The average Bonchev–Trinajstić information content (AvgIpc) is 2.60. The highest BCUT2D eigenvalue weighted by atomic mass is 79.9. The van der Waals surface area contributed by atoms with E-state index in [4.69, 9.17) is 16.7 Å². The molecule has 0 aliphatic carbocycles. The fraction of sp³-hybridized carbons (Fsp3) is 0.278. The molecule has 0 aromatic heterocycles. The highest BCUT2D eigenvalue weighted by Crippen LogP contribution is 2.27. The molecule has 0 aliphatic rings. The van der Waals surface area contributed by atoms with Gasteiger partial charge in [-0.25, -0.2) is 4.39 Å². The third-order valence-electron chi connectivity index (χ3n) is 3.29. The maximum atomic E-state index is 13.5. The minimum atomic E-state index is -0.916. The standard InChI is InChI=1S/C18H21BrFN5O/c1-3-24-18(19)12(9-21)6-15(8-14(23)10-22)25-17-5-4-13(20)7-16(17)11(2)26/h4-5,7-9,11,26H,3,6,21,23H2,1-2H3. The maximum Gasteiger partial charge on any atom is 0.123 e. The number of aliphatic imine (C=N–C) groups is 2. The molecule has 1 aromatic rings. The molecule has 0 aliphatic heterocycles. The first-order valence-electron chi connectivity index (χ1n) is 7.85. The third kappa shape index (κ3) is 6.43. The van der Waals surface area contributed by atoms with Gasteiger partial charge in [-0.1, -0.05) is 0 Å². The van der Waals surface area contributed by atoms with E-state index in [1.807, 2.05) is 13.0 Å². The van der Waals surface area contributed by atoms with Crippen molar-refractivity contribution < 1.29 is 9.50 Å². The van der Waals surface area contributed by atoms with Crippen LogP contribution in [0.25, 0.3) is 0 Å². The maximum absolute atomic E-state index is 13.5. The minimum absolute atomic E-state index is 0.0376. The van der Waals surface area contributed by atoms with Crippen molar-refractivity contribution in [3.8, 4) is 6.07 Å². The zero-order valence-corrected chi connectivity index (χ0v) is 16.2. The number of aliphatic hydroxyl groups is 1. The van der Waals surface area contributed by atoms with Crippen LogP contribution in [-0.4, -0.2) is 22.0 Å². The molecule has 0 heterocycles. The lowest BCUT2D eigenvalue weighted by atomic mass is 10.1. The Labute approximate surface area is 160 Å². The second-order valence-electron chi connectivity index (χ2n) is 5.33. The third-order valence-corrected chi connectivity index (χ3v) is 4.05. The monoisotopic (exact) mass is 421 g/mol. The van der Waals surface area contributed by atoms with Crippen molar-refractivity contribution in [2.24, 2.45) is 21.5 Å². The Balaban J connectivity index is 3.43. The largest absolute Gasteiger partial charge is 0.404 e. The van der Waals surface area contributed by atoms with Gasteiger partial charge in [-0.05, 0) is 54.1 Å². The van der Waals surface area contributed by atoms with Gasteiger partial charge in [0, 0.05) is 36.0 Å². The van der Waals surface area contributed by atoms with Crippen molar-refractivity contribution in [2.75, 3.05) is 6.54 Å². The van der Waals surface area contributed by atoms with Gasteiger partial charge in [-0.2, -0.15) is 5.26 Å². The van der Waals surface area contributed by atoms with Crippen molar-refractivity contribution in [3.05, 3.63) is 53.1 Å². The predicted molar refractivity (Wildman–Crippen MR) is 106 cm³/mol. The molecule has 0 fully saturated rings. The Bertz CT molecular complexity index is 806. The number of aliphatic hydroxyl groups excluding tert-OH is 1. The summed E-state index contributed by atoms with van der Waals surface area (Å²) in [5.74, 6) is -0.478. The quantitative estimate of drug-likeness (QED) is 0.461. The fourth-order valence-corrected chi connectivity index (χ4v) is 2.61. The number of hydrogen-bond acceptors (Lipinski definition) is 6. The Morgan fingerprint density at radius 1 is 1.50 bits per heavy atom. The summed E-state index contributed by atoms with van der Waals surface area (Å²) >= 11 is 3.35. The topological polar surface area (TPSA) is 121 Å².